The molecule has 25 heavy (non-hydrogen) atoms. The first-order valence-corrected chi connectivity index (χ1v) is 6.91. The van der Waals surface area contributed by atoms with Crippen molar-refractivity contribution >= 4 is 35.6 Å². The van der Waals surface area contributed by atoms with E-state index in [1.54, 1.807) is 7.11 Å². The summed E-state index contributed by atoms with van der Waals surface area (Å²) in [7, 11) is 1.58. The van der Waals surface area contributed by atoms with Gasteiger partial charge >= 0.3 is 6.36 Å². The normalized spacial score (nSPS) is 11.4. The van der Waals surface area contributed by atoms with Crippen molar-refractivity contribution < 1.29 is 22.6 Å². The molecule has 0 aliphatic heterocycles. The summed E-state index contributed by atoms with van der Waals surface area (Å²) in [6.07, 6.45) is -4.71. The molecule has 2 rings (SSSR count). The molecule has 0 unspecified atom stereocenters. The number of nitrogens with one attached hydrogen (secondary N) is 1. The summed E-state index contributed by atoms with van der Waals surface area (Å²) in [5.74, 6) is 0.590. The highest BCUT2D eigenvalue weighted by Gasteiger charge is 2.30. The van der Waals surface area contributed by atoms with Crippen LogP contribution in [0.15, 0.2) is 53.5 Å². The first kappa shape index (κ1) is 20.9. The van der Waals surface area contributed by atoms with Gasteiger partial charge < -0.3 is 20.5 Å². The third-order valence-corrected chi connectivity index (χ3v) is 2.95. The molecule has 136 valence electrons. The Labute approximate surface area is 160 Å². The molecule has 0 aliphatic rings. The van der Waals surface area contributed by atoms with Gasteiger partial charge in [0.2, 0.25) is 0 Å². The minimum absolute atomic E-state index is 0. The zero-order valence-electron chi connectivity index (χ0n) is 13.2. The van der Waals surface area contributed by atoms with Crippen molar-refractivity contribution in [3.63, 3.8) is 0 Å². The smallest absolute Gasteiger partial charge is 0.497 e. The number of hydrogen-bond donors (Lipinski definition) is 2. The lowest BCUT2D eigenvalue weighted by Crippen LogP contribution is -2.22. The molecule has 0 heterocycles. The summed E-state index contributed by atoms with van der Waals surface area (Å²) in [5, 5.41) is 2.79. The molecule has 0 saturated carbocycles. The van der Waals surface area contributed by atoms with Crippen molar-refractivity contribution in [2.24, 2.45) is 10.7 Å². The summed E-state index contributed by atoms with van der Waals surface area (Å²) in [4.78, 5) is 4.16. The number of hydrogen-bond acceptors (Lipinski definition) is 3. The van der Waals surface area contributed by atoms with Gasteiger partial charge in [-0.1, -0.05) is 12.1 Å². The maximum absolute atomic E-state index is 12.1. The van der Waals surface area contributed by atoms with E-state index >= 15 is 0 Å². The van der Waals surface area contributed by atoms with E-state index in [9.17, 15) is 13.2 Å². The first-order valence-electron chi connectivity index (χ1n) is 6.91. The lowest BCUT2D eigenvalue weighted by Gasteiger charge is -2.10. The highest BCUT2D eigenvalue weighted by Crippen LogP contribution is 2.23. The third kappa shape index (κ3) is 7.50. The Morgan fingerprint density at radius 2 is 1.60 bits per heavy atom. The van der Waals surface area contributed by atoms with E-state index in [0.717, 1.165) is 11.3 Å². The highest BCUT2D eigenvalue weighted by molar-refractivity contribution is 14.0. The van der Waals surface area contributed by atoms with Crippen LogP contribution in [-0.2, 0) is 6.54 Å². The zero-order chi connectivity index (χ0) is 17.6. The zero-order valence-corrected chi connectivity index (χ0v) is 15.5. The molecule has 9 heteroatoms. The molecule has 0 spiro atoms. The number of benzene rings is 2. The second-order valence-electron chi connectivity index (χ2n) is 4.75. The van der Waals surface area contributed by atoms with Gasteiger partial charge in [-0.05, 0) is 42.0 Å². The van der Waals surface area contributed by atoms with Gasteiger partial charge in [-0.3, -0.25) is 0 Å². The van der Waals surface area contributed by atoms with Crippen LogP contribution in [0.4, 0.5) is 18.9 Å². The van der Waals surface area contributed by atoms with E-state index in [1.807, 2.05) is 24.3 Å². The van der Waals surface area contributed by atoms with E-state index in [0.29, 0.717) is 12.2 Å². The number of nitrogens with two attached hydrogens (primary N) is 1. The van der Waals surface area contributed by atoms with E-state index in [-0.39, 0.29) is 35.7 Å². The van der Waals surface area contributed by atoms with E-state index in [4.69, 9.17) is 10.5 Å². The molecule has 5 nitrogen and oxygen atoms in total. The molecular weight excluding hydrogens is 450 g/mol. The Bertz CT molecular complexity index is 689. The second-order valence-corrected chi connectivity index (χ2v) is 4.75. The minimum atomic E-state index is -4.71. The molecule has 0 aromatic heterocycles. The number of alkyl halides is 3. The van der Waals surface area contributed by atoms with E-state index in [1.165, 1.54) is 24.3 Å². The average molecular weight is 467 g/mol. The second kappa shape index (κ2) is 9.35. The highest BCUT2D eigenvalue weighted by atomic mass is 127. The van der Waals surface area contributed by atoms with Gasteiger partial charge in [0.05, 0.1) is 13.7 Å². The van der Waals surface area contributed by atoms with E-state index < -0.39 is 6.36 Å². The number of rotatable bonds is 5. The molecular formula is C16H17F3IN3O2. The van der Waals surface area contributed by atoms with Crippen molar-refractivity contribution in [3.05, 3.63) is 54.1 Å². The number of halogens is 4. The molecule has 0 bridgehead atoms. The predicted molar refractivity (Wildman–Crippen MR) is 100 cm³/mol. The quantitative estimate of drug-likeness (QED) is 0.394. The van der Waals surface area contributed by atoms with Gasteiger partial charge in [-0.25, -0.2) is 4.99 Å². The number of methoxy groups -OCH3 is 1. The van der Waals surface area contributed by atoms with Crippen molar-refractivity contribution in [1.82, 2.24) is 0 Å². The Morgan fingerprint density at radius 3 is 2.12 bits per heavy atom. The molecule has 2 aromatic rings. The van der Waals surface area contributed by atoms with Gasteiger partial charge in [-0.2, -0.15) is 0 Å². The van der Waals surface area contributed by atoms with Crippen LogP contribution >= 0.6 is 24.0 Å². The molecule has 0 radical (unpaired) electrons. The number of aliphatic imine (C=N–C) groups is 1. The monoisotopic (exact) mass is 467 g/mol. The Balaban J connectivity index is 0.00000312. The van der Waals surface area contributed by atoms with Crippen LogP contribution < -0.4 is 20.5 Å². The number of guanidine groups is 1. The van der Waals surface area contributed by atoms with Crippen LogP contribution in [0.2, 0.25) is 0 Å². The van der Waals surface area contributed by atoms with Crippen molar-refractivity contribution in [3.8, 4) is 11.5 Å². The van der Waals surface area contributed by atoms with Crippen molar-refractivity contribution in [2.75, 3.05) is 12.4 Å². The lowest BCUT2D eigenvalue weighted by atomic mass is 10.2. The SMILES string of the molecule is COc1ccc(CN=C(N)Nc2ccc(OC(F)(F)F)cc2)cc1.I. The number of nitrogens with zero attached hydrogens (tertiary/aromatic N) is 1. The molecule has 0 saturated heterocycles. The van der Waals surface area contributed by atoms with Crippen LogP contribution in [0.25, 0.3) is 0 Å². The van der Waals surface area contributed by atoms with Crippen LogP contribution in [0.1, 0.15) is 5.56 Å². The fourth-order valence-electron chi connectivity index (χ4n) is 1.83. The average Bonchev–Trinajstić information content (AvgIpc) is 2.54. The molecule has 0 aliphatic carbocycles. The maximum atomic E-state index is 12.1. The summed E-state index contributed by atoms with van der Waals surface area (Å²) >= 11 is 0. The predicted octanol–water partition coefficient (Wildman–Crippen LogP) is 4.14. The van der Waals surface area contributed by atoms with Crippen LogP contribution in [0, 0.1) is 0 Å². The molecule has 2 aromatic carbocycles. The number of anilines is 1. The standard InChI is InChI=1S/C16H16F3N3O2.HI/c1-23-13-6-2-11(3-7-13)10-21-15(20)22-12-4-8-14(9-5-12)24-16(17,18)19;/h2-9H,10H2,1H3,(H3,20,21,22);1H. The molecule has 0 atom stereocenters. The summed E-state index contributed by atoms with van der Waals surface area (Å²) in [5.41, 5.74) is 7.19. The Kier molecular flexibility index (Phi) is 7.81. The third-order valence-electron chi connectivity index (χ3n) is 2.95. The first-order chi connectivity index (χ1) is 11.4. The molecule has 0 amide bonds. The molecule has 3 N–H and O–H groups in total. The van der Waals surface area contributed by atoms with Crippen molar-refractivity contribution in [2.45, 2.75) is 12.9 Å². The van der Waals surface area contributed by atoms with Crippen LogP contribution in [-0.4, -0.2) is 19.4 Å². The molecule has 0 fully saturated rings. The van der Waals surface area contributed by atoms with Crippen LogP contribution in [0.5, 0.6) is 11.5 Å². The van der Waals surface area contributed by atoms with Gasteiger partial charge in [0.25, 0.3) is 0 Å². The minimum Gasteiger partial charge on any atom is -0.497 e. The van der Waals surface area contributed by atoms with Gasteiger partial charge in [0, 0.05) is 5.69 Å². The fraction of sp³-hybridized carbons (Fsp3) is 0.188. The Hall–Kier alpha value is -2.17. The fourth-order valence-corrected chi connectivity index (χ4v) is 1.83. The van der Waals surface area contributed by atoms with Crippen LogP contribution in [0.3, 0.4) is 0 Å². The summed E-state index contributed by atoms with van der Waals surface area (Å²) < 4.78 is 45.1. The summed E-state index contributed by atoms with van der Waals surface area (Å²) in [6.45, 7) is 0.359. The lowest BCUT2D eigenvalue weighted by molar-refractivity contribution is -0.274. The van der Waals surface area contributed by atoms with Gasteiger partial charge in [0.15, 0.2) is 5.96 Å². The van der Waals surface area contributed by atoms with E-state index in [2.05, 4.69) is 15.0 Å². The number of ether oxygens (including phenoxy) is 2. The van der Waals surface area contributed by atoms with Gasteiger partial charge in [-0.15, -0.1) is 37.1 Å². The largest absolute Gasteiger partial charge is 0.573 e. The Morgan fingerprint density at radius 1 is 1.04 bits per heavy atom. The maximum Gasteiger partial charge on any atom is 0.573 e. The van der Waals surface area contributed by atoms with Gasteiger partial charge in [0.1, 0.15) is 11.5 Å². The summed E-state index contributed by atoms with van der Waals surface area (Å²) in [6, 6.07) is 12.5. The van der Waals surface area contributed by atoms with Crippen molar-refractivity contribution in [1.29, 1.82) is 0 Å². The topological polar surface area (TPSA) is 68.9 Å².